The molecule has 1 fully saturated rings. The van der Waals surface area contributed by atoms with E-state index < -0.39 is 0 Å². The van der Waals surface area contributed by atoms with E-state index in [2.05, 4.69) is 21.7 Å². The van der Waals surface area contributed by atoms with E-state index in [1.54, 1.807) is 0 Å². The summed E-state index contributed by atoms with van der Waals surface area (Å²) in [7, 11) is 2.12. The molecule has 1 N–H and O–H groups in total. The molecule has 0 spiro atoms. The van der Waals surface area contributed by atoms with Crippen LogP contribution in [-0.4, -0.2) is 53.5 Å². The average Bonchev–Trinajstić information content (AvgIpc) is 3.18. The van der Waals surface area contributed by atoms with Crippen LogP contribution in [0.4, 0.5) is 0 Å². The molecular weight excluding hydrogens is 304 g/mol. The second-order valence-electron chi connectivity index (χ2n) is 6.22. The van der Waals surface area contributed by atoms with Crippen molar-refractivity contribution in [3.05, 3.63) is 35.9 Å². The van der Waals surface area contributed by atoms with Gasteiger partial charge in [0.15, 0.2) is 5.69 Å². The summed E-state index contributed by atoms with van der Waals surface area (Å²) in [5, 5.41) is 2.96. The van der Waals surface area contributed by atoms with Crippen molar-refractivity contribution < 1.29 is 9.53 Å². The van der Waals surface area contributed by atoms with E-state index in [0.29, 0.717) is 25.5 Å². The third kappa shape index (κ3) is 3.44. The van der Waals surface area contributed by atoms with Crippen LogP contribution in [0.25, 0.3) is 5.52 Å². The second kappa shape index (κ2) is 7.77. The van der Waals surface area contributed by atoms with Gasteiger partial charge < -0.3 is 14.5 Å². The lowest BCUT2D eigenvalue weighted by molar-refractivity contribution is 0.0941. The molecule has 2 aromatic rings. The number of hydrogen-bond acceptors (Lipinski definition) is 4. The van der Waals surface area contributed by atoms with E-state index in [1.165, 1.54) is 6.42 Å². The number of nitrogens with zero attached hydrogens (tertiary/aromatic N) is 3. The van der Waals surface area contributed by atoms with E-state index in [1.807, 2.05) is 31.3 Å². The van der Waals surface area contributed by atoms with E-state index in [0.717, 1.165) is 30.7 Å². The minimum atomic E-state index is -0.109. The number of pyridine rings is 1. The Bertz CT molecular complexity index is 697. The topological polar surface area (TPSA) is 58.9 Å². The first-order valence-electron chi connectivity index (χ1n) is 8.75. The van der Waals surface area contributed by atoms with Crippen LogP contribution in [0.3, 0.4) is 0 Å². The summed E-state index contributed by atoms with van der Waals surface area (Å²) in [6, 6.07) is 6.17. The molecule has 1 amide bonds. The Morgan fingerprint density at radius 1 is 1.46 bits per heavy atom. The molecule has 0 aliphatic carbocycles. The number of rotatable bonds is 7. The van der Waals surface area contributed by atoms with E-state index in [-0.39, 0.29) is 11.9 Å². The monoisotopic (exact) mass is 330 g/mol. The maximum Gasteiger partial charge on any atom is 0.272 e. The van der Waals surface area contributed by atoms with Gasteiger partial charge in [0, 0.05) is 26.0 Å². The number of carbonyl (C=O) groups excluding carboxylic acids is 1. The van der Waals surface area contributed by atoms with Crippen molar-refractivity contribution >= 4 is 11.4 Å². The van der Waals surface area contributed by atoms with Gasteiger partial charge in [0.25, 0.3) is 5.91 Å². The fraction of sp³-hybridized carbons (Fsp3) is 0.556. The third-order valence-electron chi connectivity index (χ3n) is 4.56. The standard InChI is InChI=1S/C18H26N4O2/c1-3-24-13-7-10-19-18(23)16-14-8-4-5-12-22(14)17(20-16)15-9-6-11-21(15)2/h4-5,8,12,15H,3,6-7,9-11,13H2,1-2H3,(H,19,23)/t15-/m0/s1. The number of hydrogen-bond donors (Lipinski definition) is 1. The molecule has 1 saturated heterocycles. The molecule has 3 rings (SSSR count). The highest BCUT2D eigenvalue weighted by atomic mass is 16.5. The Balaban J connectivity index is 1.79. The van der Waals surface area contributed by atoms with Crippen LogP contribution in [0.2, 0.25) is 0 Å². The first-order valence-corrected chi connectivity index (χ1v) is 8.75. The molecule has 1 atom stereocenters. The Morgan fingerprint density at radius 2 is 2.33 bits per heavy atom. The Labute approximate surface area is 142 Å². The van der Waals surface area contributed by atoms with E-state index in [9.17, 15) is 4.79 Å². The van der Waals surface area contributed by atoms with E-state index in [4.69, 9.17) is 9.72 Å². The summed E-state index contributed by atoms with van der Waals surface area (Å²) in [6.45, 7) is 5.02. The second-order valence-corrected chi connectivity index (χ2v) is 6.22. The summed E-state index contributed by atoms with van der Waals surface area (Å²) in [6.07, 6.45) is 5.06. The summed E-state index contributed by atoms with van der Waals surface area (Å²) in [5.41, 5.74) is 1.39. The average molecular weight is 330 g/mol. The molecule has 6 heteroatoms. The molecular formula is C18H26N4O2. The van der Waals surface area contributed by atoms with Crippen molar-refractivity contribution in [2.75, 3.05) is 33.4 Å². The number of carbonyl (C=O) groups is 1. The maximum absolute atomic E-state index is 12.6. The fourth-order valence-corrected chi connectivity index (χ4v) is 3.30. The number of aromatic nitrogens is 2. The van der Waals surface area contributed by atoms with Crippen molar-refractivity contribution in [2.24, 2.45) is 0 Å². The van der Waals surface area contributed by atoms with Crippen LogP contribution >= 0.6 is 0 Å². The Hall–Kier alpha value is -1.92. The van der Waals surface area contributed by atoms with Gasteiger partial charge in [-0.2, -0.15) is 0 Å². The van der Waals surface area contributed by atoms with Gasteiger partial charge in [0.2, 0.25) is 0 Å². The third-order valence-corrected chi connectivity index (χ3v) is 4.56. The normalized spacial score (nSPS) is 18.3. The number of amides is 1. The van der Waals surface area contributed by atoms with Gasteiger partial charge in [-0.3, -0.25) is 9.69 Å². The van der Waals surface area contributed by atoms with Gasteiger partial charge in [0.05, 0.1) is 11.6 Å². The molecule has 6 nitrogen and oxygen atoms in total. The number of imidazole rings is 1. The van der Waals surface area contributed by atoms with Crippen molar-refractivity contribution in [3.63, 3.8) is 0 Å². The minimum absolute atomic E-state index is 0.109. The zero-order chi connectivity index (χ0) is 16.9. The maximum atomic E-state index is 12.6. The fourth-order valence-electron chi connectivity index (χ4n) is 3.30. The quantitative estimate of drug-likeness (QED) is 0.791. The van der Waals surface area contributed by atoms with Crippen LogP contribution in [0.5, 0.6) is 0 Å². The van der Waals surface area contributed by atoms with Crippen LogP contribution in [0.1, 0.15) is 48.5 Å². The van der Waals surface area contributed by atoms with Crippen molar-refractivity contribution in [1.29, 1.82) is 0 Å². The lowest BCUT2D eigenvalue weighted by Gasteiger charge is -2.17. The molecule has 130 valence electrons. The minimum Gasteiger partial charge on any atom is -0.382 e. The molecule has 0 unspecified atom stereocenters. The van der Waals surface area contributed by atoms with E-state index >= 15 is 0 Å². The van der Waals surface area contributed by atoms with Gasteiger partial charge in [-0.05, 0) is 51.9 Å². The van der Waals surface area contributed by atoms with Crippen molar-refractivity contribution in [1.82, 2.24) is 19.6 Å². The molecule has 0 saturated carbocycles. The molecule has 0 aromatic carbocycles. The summed E-state index contributed by atoms with van der Waals surface area (Å²) < 4.78 is 7.36. The lowest BCUT2D eigenvalue weighted by atomic mass is 10.2. The van der Waals surface area contributed by atoms with Gasteiger partial charge in [-0.1, -0.05) is 6.07 Å². The SMILES string of the molecule is CCOCCCNC(=O)c1nc([C@@H]2CCCN2C)n2ccccc12. The molecule has 1 aliphatic heterocycles. The first-order chi connectivity index (χ1) is 11.7. The largest absolute Gasteiger partial charge is 0.382 e. The number of nitrogens with one attached hydrogen (secondary N) is 1. The van der Waals surface area contributed by atoms with Gasteiger partial charge in [-0.25, -0.2) is 4.98 Å². The number of fused-ring (bicyclic) bond motifs is 1. The zero-order valence-electron chi connectivity index (χ0n) is 14.5. The zero-order valence-corrected chi connectivity index (χ0v) is 14.5. The molecule has 0 bridgehead atoms. The number of ether oxygens (including phenoxy) is 1. The molecule has 24 heavy (non-hydrogen) atoms. The van der Waals surface area contributed by atoms with Gasteiger partial charge in [-0.15, -0.1) is 0 Å². The summed E-state index contributed by atoms with van der Waals surface area (Å²) in [5.74, 6) is 0.854. The molecule has 3 heterocycles. The predicted octanol–water partition coefficient (Wildman–Crippen LogP) is 2.26. The molecule has 2 aromatic heterocycles. The van der Waals surface area contributed by atoms with Crippen LogP contribution in [0.15, 0.2) is 24.4 Å². The molecule has 0 radical (unpaired) electrons. The lowest BCUT2D eigenvalue weighted by Crippen LogP contribution is -2.26. The van der Waals surface area contributed by atoms with Crippen molar-refractivity contribution in [2.45, 2.75) is 32.2 Å². The Morgan fingerprint density at radius 3 is 3.08 bits per heavy atom. The first kappa shape index (κ1) is 16.9. The number of likely N-dealkylation sites (tertiary alicyclic amines) is 1. The smallest absolute Gasteiger partial charge is 0.272 e. The van der Waals surface area contributed by atoms with Gasteiger partial charge >= 0.3 is 0 Å². The summed E-state index contributed by atoms with van der Waals surface area (Å²) in [4.78, 5) is 19.6. The Kier molecular flexibility index (Phi) is 5.48. The van der Waals surface area contributed by atoms with Crippen molar-refractivity contribution in [3.8, 4) is 0 Å². The van der Waals surface area contributed by atoms with Crippen LogP contribution in [-0.2, 0) is 4.74 Å². The van der Waals surface area contributed by atoms with Crippen LogP contribution < -0.4 is 5.32 Å². The highest BCUT2D eigenvalue weighted by Gasteiger charge is 2.28. The highest BCUT2D eigenvalue weighted by molar-refractivity contribution is 5.99. The molecule has 1 aliphatic rings. The van der Waals surface area contributed by atoms with Gasteiger partial charge in [0.1, 0.15) is 5.82 Å². The predicted molar refractivity (Wildman–Crippen MR) is 93.2 cm³/mol. The summed E-state index contributed by atoms with van der Waals surface area (Å²) >= 11 is 0. The van der Waals surface area contributed by atoms with Crippen LogP contribution in [0, 0.1) is 0 Å². The highest BCUT2D eigenvalue weighted by Crippen LogP contribution is 2.30.